The van der Waals surface area contributed by atoms with Gasteiger partial charge in [-0.2, -0.15) is 0 Å². The molecule has 1 saturated heterocycles. The van der Waals surface area contributed by atoms with Gasteiger partial charge in [-0.3, -0.25) is 9.69 Å². The summed E-state index contributed by atoms with van der Waals surface area (Å²) in [5, 5.41) is 1.14. The standard InChI is InChI=1S/C21H20BrClN2O3S/c1-4-25-20(26)17(24(2)21(25)29)9-14-10-18(27-3)19(11-15(14)22)28-12-13-7-5-6-8-16(13)23/h5-11H,4,12H2,1-3H3. The second-order valence-corrected chi connectivity index (χ2v) is 7.95. The van der Waals surface area contributed by atoms with Crippen molar-refractivity contribution < 1.29 is 14.3 Å². The monoisotopic (exact) mass is 494 g/mol. The van der Waals surface area contributed by atoms with E-state index in [1.54, 1.807) is 30.0 Å². The molecule has 2 aromatic rings. The highest BCUT2D eigenvalue weighted by molar-refractivity contribution is 9.10. The van der Waals surface area contributed by atoms with Crippen LogP contribution in [0.2, 0.25) is 5.02 Å². The number of hydrogen-bond donors (Lipinski definition) is 0. The zero-order valence-electron chi connectivity index (χ0n) is 16.2. The van der Waals surface area contributed by atoms with Crippen LogP contribution in [0.3, 0.4) is 0 Å². The molecule has 5 nitrogen and oxygen atoms in total. The number of rotatable bonds is 6. The third-order valence-electron chi connectivity index (χ3n) is 4.58. The first-order valence-electron chi connectivity index (χ1n) is 8.92. The number of benzene rings is 2. The first kappa shape index (κ1) is 21.6. The van der Waals surface area contributed by atoms with Gasteiger partial charge in [-0.1, -0.05) is 45.7 Å². The highest BCUT2D eigenvalue weighted by Crippen LogP contribution is 2.36. The summed E-state index contributed by atoms with van der Waals surface area (Å²) < 4.78 is 12.2. The summed E-state index contributed by atoms with van der Waals surface area (Å²) in [5.74, 6) is 0.998. The Morgan fingerprint density at radius 2 is 1.97 bits per heavy atom. The quantitative estimate of drug-likeness (QED) is 0.411. The highest BCUT2D eigenvalue weighted by atomic mass is 79.9. The van der Waals surface area contributed by atoms with E-state index >= 15 is 0 Å². The van der Waals surface area contributed by atoms with Crippen molar-refractivity contribution in [3.05, 3.63) is 62.7 Å². The van der Waals surface area contributed by atoms with Crippen molar-refractivity contribution in [1.82, 2.24) is 9.80 Å². The van der Waals surface area contributed by atoms with Crippen LogP contribution in [0.4, 0.5) is 0 Å². The SMILES string of the molecule is CCN1C(=O)C(=Cc2cc(OC)c(OCc3ccccc3Cl)cc2Br)N(C)C1=S. The number of carbonyl (C=O) groups excluding carboxylic acids is 1. The lowest BCUT2D eigenvalue weighted by molar-refractivity contribution is -0.122. The molecule has 1 aliphatic rings. The van der Waals surface area contributed by atoms with E-state index in [2.05, 4.69) is 15.9 Å². The Kier molecular flexibility index (Phi) is 6.82. The largest absolute Gasteiger partial charge is 0.493 e. The summed E-state index contributed by atoms with van der Waals surface area (Å²) in [6, 6.07) is 11.1. The number of ether oxygens (including phenoxy) is 2. The topological polar surface area (TPSA) is 42.0 Å². The van der Waals surface area contributed by atoms with Gasteiger partial charge in [0.1, 0.15) is 12.3 Å². The lowest BCUT2D eigenvalue weighted by Gasteiger charge is -2.15. The fourth-order valence-corrected chi connectivity index (χ4v) is 3.88. The van der Waals surface area contributed by atoms with Gasteiger partial charge < -0.3 is 14.4 Å². The predicted octanol–water partition coefficient (Wildman–Crippen LogP) is 5.11. The van der Waals surface area contributed by atoms with Crippen LogP contribution in [-0.2, 0) is 11.4 Å². The van der Waals surface area contributed by atoms with Gasteiger partial charge in [0, 0.05) is 28.7 Å². The van der Waals surface area contributed by atoms with E-state index in [4.69, 9.17) is 33.3 Å². The number of methoxy groups -OCH3 is 1. The van der Waals surface area contributed by atoms with Crippen LogP contribution < -0.4 is 9.47 Å². The van der Waals surface area contributed by atoms with Crippen LogP contribution in [0, 0.1) is 0 Å². The minimum Gasteiger partial charge on any atom is -0.493 e. The predicted molar refractivity (Wildman–Crippen MR) is 122 cm³/mol. The number of halogens is 2. The van der Waals surface area contributed by atoms with Crippen molar-refractivity contribution in [3.63, 3.8) is 0 Å². The number of thiocarbonyl (C=S) groups is 1. The maximum absolute atomic E-state index is 12.6. The van der Waals surface area contributed by atoms with Crippen LogP contribution in [-0.4, -0.2) is 41.5 Å². The molecular weight excluding hydrogens is 476 g/mol. The van der Waals surface area contributed by atoms with Crippen LogP contribution in [0.5, 0.6) is 11.5 Å². The zero-order chi connectivity index (χ0) is 21.1. The number of hydrogen-bond acceptors (Lipinski definition) is 4. The molecule has 0 unspecified atom stereocenters. The van der Waals surface area contributed by atoms with Crippen molar-refractivity contribution in [3.8, 4) is 11.5 Å². The Bertz CT molecular complexity index is 996. The second-order valence-electron chi connectivity index (χ2n) is 6.33. The van der Waals surface area contributed by atoms with Crippen LogP contribution >= 0.6 is 39.7 Å². The van der Waals surface area contributed by atoms with Crippen molar-refractivity contribution >= 4 is 56.8 Å². The zero-order valence-corrected chi connectivity index (χ0v) is 19.4. The van der Waals surface area contributed by atoms with Crippen molar-refractivity contribution in [2.24, 2.45) is 0 Å². The molecule has 1 fully saturated rings. The van der Waals surface area contributed by atoms with Gasteiger partial charge >= 0.3 is 0 Å². The van der Waals surface area contributed by atoms with Crippen molar-refractivity contribution in [1.29, 1.82) is 0 Å². The summed E-state index contributed by atoms with van der Waals surface area (Å²) in [6.45, 7) is 2.73. The van der Waals surface area contributed by atoms with Crippen molar-refractivity contribution in [2.45, 2.75) is 13.5 Å². The molecule has 29 heavy (non-hydrogen) atoms. The Morgan fingerprint density at radius 1 is 1.24 bits per heavy atom. The lowest BCUT2D eigenvalue weighted by Crippen LogP contribution is -2.30. The van der Waals surface area contributed by atoms with Crippen LogP contribution in [0.25, 0.3) is 6.08 Å². The first-order valence-corrected chi connectivity index (χ1v) is 10.5. The molecule has 8 heteroatoms. The van der Waals surface area contributed by atoms with Gasteiger partial charge in [-0.25, -0.2) is 0 Å². The molecule has 0 bridgehead atoms. The van der Waals surface area contributed by atoms with Gasteiger partial charge in [-0.15, -0.1) is 0 Å². The molecule has 3 rings (SSSR count). The minimum absolute atomic E-state index is 0.120. The molecule has 1 aliphatic heterocycles. The summed E-state index contributed by atoms with van der Waals surface area (Å²) in [7, 11) is 3.36. The number of likely N-dealkylation sites (N-methyl/N-ethyl adjacent to an activating group) is 2. The molecule has 152 valence electrons. The molecule has 0 atom stereocenters. The van der Waals surface area contributed by atoms with Gasteiger partial charge in [-0.05, 0) is 49.0 Å². The molecule has 0 saturated carbocycles. The van der Waals surface area contributed by atoms with Gasteiger partial charge in [0.2, 0.25) is 0 Å². The summed E-state index contributed by atoms with van der Waals surface area (Å²) in [6.07, 6.45) is 1.79. The Morgan fingerprint density at radius 3 is 2.59 bits per heavy atom. The Balaban J connectivity index is 1.90. The normalized spacial score (nSPS) is 15.4. The van der Waals surface area contributed by atoms with Gasteiger partial charge in [0.15, 0.2) is 16.6 Å². The summed E-state index contributed by atoms with van der Waals surface area (Å²) in [5.41, 5.74) is 2.16. The average Bonchev–Trinajstić information content (AvgIpc) is 2.91. The third-order valence-corrected chi connectivity index (χ3v) is 6.13. The van der Waals surface area contributed by atoms with E-state index < -0.39 is 0 Å². The fourth-order valence-electron chi connectivity index (χ4n) is 2.94. The maximum Gasteiger partial charge on any atom is 0.276 e. The van der Waals surface area contributed by atoms with E-state index in [0.29, 0.717) is 40.5 Å². The molecule has 0 N–H and O–H groups in total. The van der Waals surface area contributed by atoms with E-state index in [9.17, 15) is 4.79 Å². The van der Waals surface area contributed by atoms with E-state index in [1.165, 1.54) is 0 Å². The summed E-state index contributed by atoms with van der Waals surface area (Å²) >= 11 is 15.1. The third kappa shape index (κ3) is 4.42. The average molecular weight is 496 g/mol. The molecule has 1 amide bonds. The molecular formula is C21H20BrClN2O3S. The molecule has 2 aromatic carbocycles. The molecule has 1 heterocycles. The second kappa shape index (κ2) is 9.15. The minimum atomic E-state index is -0.120. The Labute approximate surface area is 189 Å². The molecule has 0 aromatic heterocycles. The van der Waals surface area contributed by atoms with Gasteiger partial charge in [0.05, 0.1) is 7.11 Å². The first-order chi connectivity index (χ1) is 13.9. The van der Waals surface area contributed by atoms with Crippen LogP contribution in [0.1, 0.15) is 18.1 Å². The van der Waals surface area contributed by atoms with Crippen molar-refractivity contribution in [2.75, 3.05) is 20.7 Å². The highest BCUT2D eigenvalue weighted by Gasteiger charge is 2.34. The lowest BCUT2D eigenvalue weighted by atomic mass is 10.1. The van der Waals surface area contributed by atoms with E-state index in [1.807, 2.05) is 43.3 Å². The fraction of sp³-hybridized carbons (Fsp3) is 0.238. The number of carbonyl (C=O) groups is 1. The van der Waals surface area contributed by atoms with Crippen LogP contribution in [0.15, 0.2) is 46.6 Å². The molecule has 0 aliphatic carbocycles. The molecule has 0 radical (unpaired) electrons. The number of nitrogens with zero attached hydrogens (tertiary/aromatic N) is 2. The maximum atomic E-state index is 12.6. The summed E-state index contributed by atoms with van der Waals surface area (Å²) in [4.78, 5) is 15.9. The smallest absolute Gasteiger partial charge is 0.276 e. The molecule has 0 spiro atoms. The Hall–Kier alpha value is -2.09. The van der Waals surface area contributed by atoms with E-state index in [-0.39, 0.29) is 5.91 Å². The van der Waals surface area contributed by atoms with E-state index in [0.717, 1.165) is 15.6 Å². The van der Waals surface area contributed by atoms with Gasteiger partial charge in [0.25, 0.3) is 5.91 Å². The number of amides is 1.